The van der Waals surface area contributed by atoms with E-state index < -0.39 is 30.0 Å². The highest BCUT2D eigenvalue weighted by Gasteiger charge is 2.32. The van der Waals surface area contributed by atoms with E-state index in [0.717, 1.165) is 22.3 Å². The van der Waals surface area contributed by atoms with Crippen LogP contribution < -0.4 is 21.7 Å². The van der Waals surface area contributed by atoms with Gasteiger partial charge < -0.3 is 31.5 Å². The Morgan fingerprint density at radius 1 is 0.881 bits per heavy atom. The number of aliphatic hydroxyl groups is 1. The Kier molecular flexibility index (Phi) is 10.3. The summed E-state index contributed by atoms with van der Waals surface area (Å²) in [6.45, 7) is 5.55. The van der Waals surface area contributed by atoms with E-state index in [1.807, 2.05) is 50.2 Å². The summed E-state index contributed by atoms with van der Waals surface area (Å²) in [4.78, 5) is 39.6. The second-order valence-corrected chi connectivity index (χ2v) is 11.0. The number of nitrogens with two attached hydrogens (primary N) is 1. The maximum absolute atomic E-state index is 13.5. The average Bonchev–Trinajstić information content (AvgIpc) is 3.31. The van der Waals surface area contributed by atoms with Gasteiger partial charge in [0.05, 0.1) is 6.61 Å². The van der Waals surface area contributed by atoms with Crippen LogP contribution in [0.1, 0.15) is 56.2 Å². The zero-order chi connectivity index (χ0) is 30.2. The predicted octanol–water partition coefficient (Wildman–Crippen LogP) is 4.29. The molecule has 3 aromatic rings. The highest BCUT2D eigenvalue weighted by molar-refractivity contribution is 5.98. The Morgan fingerprint density at radius 3 is 2.02 bits per heavy atom. The monoisotopic (exact) mass is 572 g/mol. The van der Waals surface area contributed by atoms with Crippen molar-refractivity contribution < 1.29 is 24.2 Å². The SMILES string of the molecule is CC[C@H](C)[C@H](NC(=O)OCC1c2ccccc2-c2ccccc21)C(=O)N[C@@H](CC(C)N)C(=O)Nc1ccc(CO)cc1. The number of nitrogens with one attached hydrogen (secondary N) is 3. The van der Waals surface area contributed by atoms with Crippen LogP contribution in [0.5, 0.6) is 0 Å². The van der Waals surface area contributed by atoms with Crippen LogP contribution in [0.4, 0.5) is 10.5 Å². The molecule has 0 radical (unpaired) electrons. The molecule has 4 rings (SSSR count). The second kappa shape index (κ2) is 14.1. The van der Waals surface area contributed by atoms with E-state index in [0.29, 0.717) is 17.7 Å². The Balaban J connectivity index is 1.42. The number of benzene rings is 3. The Bertz CT molecular complexity index is 1350. The number of carbonyl (C=O) groups excluding carboxylic acids is 3. The molecule has 3 amide bonds. The molecule has 42 heavy (non-hydrogen) atoms. The molecule has 222 valence electrons. The van der Waals surface area contributed by atoms with Crippen molar-refractivity contribution in [2.75, 3.05) is 11.9 Å². The van der Waals surface area contributed by atoms with Crippen LogP contribution in [0.15, 0.2) is 72.8 Å². The molecular formula is C33H40N4O5. The molecule has 0 spiro atoms. The standard InChI is InChI=1S/C33H40N4O5/c1-4-20(2)30(32(40)36-29(17-21(3)34)31(39)35-23-15-13-22(18-38)14-16-23)37-33(41)42-19-28-26-11-7-5-9-24(26)25-10-6-8-12-27(25)28/h5-16,20-21,28-30,38H,4,17-19,34H2,1-3H3,(H,35,39)(H,36,40)(H,37,41)/t20-,21?,29-,30-/m0/s1. The van der Waals surface area contributed by atoms with Gasteiger partial charge in [-0.2, -0.15) is 0 Å². The first kappa shape index (κ1) is 30.7. The van der Waals surface area contributed by atoms with E-state index in [1.165, 1.54) is 0 Å². The van der Waals surface area contributed by atoms with Crippen LogP contribution in [0.2, 0.25) is 0 Å². The van der Waals surface area contributed by atoms with Crippen LogP contribution >= 0.6 is 0 Å². The van der Waals surface area contributed by atoms with Crippen LogP contribution in [0.25, 0.3) is 11.1 Å². The largest absolute Gasteiger partial charge is 0.449 e. The average molecular weight is 573 g/mol. The summed E-state index contributed by atoms with van der Waals surface area (Å²) in [7, 11) is 0. The first-order chi connectivity index (χ1) is 20.2. The van der Waals surface area contributed by atoms with Crippen molar-refractivity contribution in [3.05, 3.63) is 89.5 Å². The first-order valence-electron chi connectivity index (χ1n) is 14.4. The van der Waals surface area contributed by atoms with Gasteiger partial charge in [-0.15, -0.1) is 0 Å². The van der Waals surface area contributed by atoms with Gasteiger partial charge in [0.15, 0.2) is 0 Å². The number of carbonyl (C=O) groups is 3. The van der Waals surface area contributed by atoms with E-state index in [2.05, 4.69) is 28.1 Å². The van der Waals surface area contributed by atoms with Gasteiger partial charge in [-0.1, -0.05) is 80.9 Å². The Hall–Kier alpha value is -4.21. The van der Waals surface area contributed by atoms with Gasteiger partial charge in [0, 0.05) is 17.6 Å². The van der Waals surface area contributed by atoms with Crippen molar-refractivity contribution in [3.63, 3.8) is 0 Å². The zero-order valence-electron chi connectivity index (χ0n) is 24.3. The lowest BCUT2D eigenvalue weighted by molar-refractivity contribution is -0.128. The lowest BCUT2D eigenvalue weighted by Crippen LogP contribution is -2.55. The lowest BCUT2D eigenvalue weighted by atomic mass is 9.97. The molecule has 0 saturated heterocycles. The number of alkyl carbamates (subject to hydrolysis) is 1. The number of hydrogen-bond donors (Lipinski definition) is 5. The lowest BCUT2D eigenvalue weighted by Gasteiger charge is -2.27. The summed E-state index contributed by atoms with van der Waals surface area (Å²) >= 11 is 0. The van der Waals surface area contributed by atoms with Gasteiger partial charge in [0.25, 0.3) is 0 Å². The van der Waals surface area contributed by atoms with E-state index in [-0.39, 0.29) is 37.5 Å². The quantitative estimate of drug-likeness (QED) is 0.219. The molecule has 0 bridgehead atoms. The minimum absolute atomic E-state index is 0.106. The number of aliphatic hydroxyl groups excluding tert-OH is 1. The number of hydrogen-bond acceptors (Lipinski definition) is 6. The highest BCUT2D eigenvalue weighted by atomic mass is 16.5. The Morgan fingerprint density at radius 2 is 1.48 bits per heavy atom. The number of ether oxygens (including phenoxy) is 1. The summed E-state index contributed by atoms with van der Waals surface area (Å²) in [6, 6.07) is 20.7. The third-order valence-electron chi connectivity index (χ3n) is 7.76. The van der Waals surface area contributed by atoms with Crippen LogP contribution in [0.3, 0.4) is 0 Å². The van der Waals surface area contributed by atoms with Gasteiger partial charge in [-0.05, 0) is 59.2 Å². The smallest absolute Gasteiger partial charge is 0.407 e. The van der Waals surface area contributed by atoms with Gasteiger partial charge in [-0.3, -0.25) is 9.59 Å². The van der Waals surface area contributed by atoms with Crippen molar-refractivity contribution >= 4 is 23.6 Å². The third kappa shape index (κ3) is 7.35. The maximum atomic E-state index is 13.5. The highest BCUT2D eigenvalue weighted by Crippen LogP contribution is 2.44. The van der Waals surface area contributed by atoms with E-state index in [9.17, 15) is 19.5 Å². The van der Waals surface area contributed by atoms with Crippen LogP contribution in [0, 0.1) is 5.92 Å². The summed E-state index contributed by atoms with van der Waals surface area (Å²) in [5.41, 5.74) is 11.7. The molecular weight excluding hydrogens is 532 g/mol. The molecule has 1 unspecified atom stereocenters. The molecule has 6 N–H and O–H groups in total. The van der Waals surface area contributed by atoms with Crippen molar-refractivity contribution in [2.24, 2.45) is 11.7 Å². The fourth-order valence-corrected chi connectivity index (χ4v) is 5.26. The number of rotatable bonds is 12. The molecule has 0 saturated carbocycles. The molecule has 9 heteroatoms. The number of fused-ring (bicyclic) bond motifs is 3. The van der Waals surface area contributed by atoms with Crippen molar-refractivity contribution in [1.82, 2.24) is 10.6 Å². The number of amides is 3. The zero-order valence-corrected chi connectivity index (χ0v) is 24.3. The molecule has 0 fully saturated rings. The first-order valence-corrected chi connectivity index (χ1v) is 14.4. The van der Waals surface area contributed by atoms with E-state index >= 15 is 0 Å². The number of anilines is 1. The second-order valence-electron chi connectivity index (χ2n) is 11.0. The molecule has 3 aromatic carbocycles. The molecule has 0 heterocycles. The van der Waals surface area contributed by atoms with E-state index in [1.54, 1.807) is 31.2 Å². The molecule has 4 atom stereocenters. The molecule has 9 nitrogen and oxygen atoms in total. The topological polar surface area (TPSA) is 143 Å². The van der Waals surface area contributed by atoms with Crippen molar-refractivity contribution in [3.8, 4) is 11.1 Å². The van der Waals surface area contributed by atoms with Crippen molar-refractivity contribution in [2.45, 2.75) is 64.3 Å². The molecule has 0 aliphatic heterocycles. The fraction of sp³-hybridized carbons (Fsp3) is 0.364. The van der Waals surface area contributed by atoms with Crippen molar-refractivity contribution in [1.29, 1.82) is 0 Å². The van der Waals surface area contributed by atoms with Gasteiger partial charge in [-0.25, -0.2) is 4.79 Å². The minimum Gasteiger partial charge on any atom is -0.449 e. The van der Waals surface area contributed by atoms with Crippen LogP contribution in [-0.4, -0.2) is 47.7 Å². The van der Waals surface area contributed by atoms with Crippen LogP contribution in [-0.2, 0) is 20.9 Å². The predicted molar refractivity (Wildman–Crippen MR) is 163 cm³/mol. The third-order valence-corrected chi connectivity index (χ3v) is 7.76. The summed E-state index contributed by atoms with van der Waals surface area (Å²) in [5.74, 6) is -1.25. The normalized spacial score (nSPS) is 15.0. The molecule has 0 aromatic heterocycles. The molecule has 1 aliphatic carbocycles. The van der Waals surface area contributed by atoms with Gasteiger partial charge in [0.1, 0.15) is 18.7 Å². The summed E-state index contributed by atoms with van der Waals surface area (Å²) in [5, 5.41) is 17.6. The van der Waals surface area contributed by atoms with Gasteiger partial charge >= 0.3 is 6.09 Å². The fourth-order valence-electron chi connectivity index (χ4n) is 5.26. The van der Waals surface area contributed by atoms with Gasteiger partial charge in [0.2, 0.25) is 11.8 Å². The Labute approximate surface area is 246 Å². The summed E-state index contributed by atoms with van der Waals surface area (Å²) < 4.78 is 5.68. The van der Waals surface area contributed by atoms with E-state index in [4.69, 9.17) is 10.5 Å². The minimum atomic E-state index is -0.925. The maximum Gasteiger partial charge on any atom is 0.407 e. The molecule has 1 aliphatic rings. The summed E-state index contributed by atoms with van der Waals surface area (Å²) in [6.07, 6.45) is 0.114.